The van der Waals surface area contributed by atoms with Gasteiger partial charge in [0.25, 0.3) is 0 Å². The van der Waals surface area contributed by atoms with Gasteiger partial charge >= 0.3 is 0 Å². The summed E-state index contributed by atoms with van der Waals surface area (Å²) in [6.07, 6.45) is 0.883. The van der Waals surface area contributed by atoms with Crippen LogP contribution in [0.25, 0.3) is 0 Å². The zero-order chi connectivity index (χ0) is 13.5. The topological polar surface area (TPSA) is 46.3 Å². The van der Waals surface area contributed by atoms with Gasteiger partial charge in [-0.05, 0) is 24.5 Å². The van der Waals surface area contributed by atoms with Crippen LogP contribution in [-0.4, -0.2) is 17.4 Å². The van der Waals surface area contributed by atoms with Crippen LogP contribution in [0.4, 0.5) is 0 Å². The van der Waals surface area contributed by atoms with Crippen molar-refractivity contribution in [3.8, 4) is 0 Å². The number of nitrogens with zero attached hydrogens (tertiary/aromatic N) is 1. The van der Waals surface area contributed by atoms with Crippen molar-refractivity contribution in [3.05, 3.63) is 35.4 Å². The minimum atomic E-state index is 0.0926. The lowest BCUT2D eigenvalue weighted by atomic mass is 10.0. The molecule has 0 aliphatic carbocycles. The maximum atomic E-state index is 12.2. The lowest BCUT2D eigenvalue weighted by Crippen LogP contribution is -2.34. The predicted octanol–water partition coefficient (Wildman–Crippen LogP) is 2.54. The first-order valence-corrected chi connectivity index (χ1v) is 6.69. The quantitative estimate of drug-likeness (QED) is 0.841. The number of carbonyl (C=O) groups excluding carboxylic acids is 1. The molecule has 0 radical (unpaired) electrons. The van der Waals surface area contributed by atoms with E-state index < -0.39 is 0 Å². The normalized spacial score (nSPS) is 12.2. The van der Waals surface area contributed by atoms with Crippen molar-refractivity contribution in [2.45, 2.75) is 40.3 Å². The second kappa shape index (κ2) is 7.17. The number of rotatable bonds is 6. The monoisotopic (exact) mass is 248 g/mol. The molecule has 0 spiro atoms. The van der Waals surface area contributed by atoms with Gasteiger partial charge in [0.1, 0.15) is 0 Å². The average Bonchev–Trinajstić information content (AvgIpc) is 2.43. The van der Waals surface area contributed by atoms with Crippen LogP contribution in [0, 0.1) is 5.92 Å². The highest BCUT2D eigenvalue weighted by Gasteiger charge is 2.18. The van der Waals surface area contributed by atoms with E-state index in [0.29, 0.717) is 13.1 Å². The Hall–Kier alpha value is -1.35. The number of hydrogen-bond donors (Lipinski definition) is 1. The summed E-state index contributed by atoms with van der Waals surface area (Å²) < 4.78 is 0. The molecule has 0 heterocycles. The van der Waals surface area contributed by atoms with Gasteiger partial charge < -0.3 is 10.6 Å². The lowest BCUT2D eigenvalue weighted by Gasteiger charge is -2.25. The van der Waals surface area contributed by atoms with Gasteiger partial charge in [0.15, 0.2) is 0 Å². The van der Waals surface area contributed by atoms with Crippen LogP contribution >= 0.6 is 0 Å². The first-order valence-electron chi connectivity index (χ1n) is 6.69. The summed E-state index contributed by atoms with van der Waals surface area (Å²) in [5, 5.41) is 0. The van der Waals surface area contributed by atoms with Gasteiger partial charge in [0.2, 0.25) is 5.91 Å². The Balaban J connectivity index is 2.82. The Morgan fingerprint density at radius 2 is 1.89 bits per heavy atom. The van der Waals surface area contributed by atoms with Crippen LogP contribution in [-0.2, 0) is 17.9 Å². The van der Waals surface area contributed by atoms with Crippen molar-refractivity contribution in [2.24, 2.45) is 11.7 Å². The molecule has 2 N–H and O–H groups in total. The van der Waals surface area contributed by atoms with E-state index in [1.807, 2.05) is 43.9 Å². The van der Waals surface area contributed by atoms with Crippen molar-refractivity contribution >= 4 is 5.91 Å². The zero-order valence-corrected chi connectivity index (χ0v) is 11.6. The van der Waals surface area contributed by atoms with Crippen LogP contribution in [0.5, 0.6) is 0 Å². The van der Waals surface area contributed by atoms with Crippen molar-refractivity contribution < 1.29 is 4.79 Å². The fourth-order valence-electron chi connectivity index (χ4n) is 1.95. The first-order chi connectivity index (χ1) is 8.63. The van der Waals surface area contributed by atoms with Gasteiger partial charge in [-0.3, -0.25) is 4.79 Å². The van der Waals surface area contributed by atoms with Crippen LogP contribution in [0.1, 0.15) is 38.3 Å². The second-order valence-electron chi connectivity index (χ2n) is 4.63. The molecule has 1 unspecified atom stereocenters. The van der Waals surface area contributed by atoms with E-state index in [1.54, 1.807) is 0 Å². The Morgan fingerprint density at radius 1 is 1.28 bits per heavy atom. The van der Waals surface area contributed by atoms with Crippen LogP contribution in [0.3, 0.4) is 0 Å². The molecule has 0 saturated heterocycles. The third-order valence-corrected chi connectivity index (χ3v) is 3.43. The van der Waals surface area contributed by atoms with Crippen molar-refractivity contribution in [2.75, 3.05) is 6.54 Å². The van der Waals surface area contributed by atoms with Gasteiger partial charge in [0.05, 0.1) is 0 Å². The number of hydrogen-bond acceptors (Lipinski definition) is 2. The Labute approximate surface area is 110 Å². The number of carbonyl (C=O) groups is 1. The molecule has 3 heteroatoms. The maximum absolute atomic E-state index is 12.2. The van der Waals surface area contributed by atoms with Crippen molar-refractivity contribution in [1.29, 1.82) is 0 Å². The van der Waals surface area contributed by atoms with Gasteiger partial charge in [-0.25, -0.2) is 0 Å². The molecule has 1 aromatic rings. The molecule has 0 aliphatic heterocycles. The van der Waals surface area contributed by atoms with Gasteiger partial charge in [-0.1, -0.05) is 38.1 Å². The van der Waals surface area contributed by atoms with Gasteiger partial charge in [-0.15, -0.1) is 0 Å². The molecule has 18 heavy (non-hydrogen) atoms. The average molecular weight is 248 g/mol. The van der Waals surface area contributed by atoms with Crippen LogP contribution in [0.2, 0.25) is 0 Å². The number of amides is 1. The van der Waals surface area contributed by atoms with E-state index in [0.717, 1.165) is 24.1 Å². The largest absolute Gasteiger partial charge is 0.338 e. The van der Waals surface area contributed by atoms with Crippen LogP contribution < -0.4 is 5.73 Å². The molecule has 0 aromatic heterocycles. The van der Waals surface area contributed by atoms with E-state index >= 15 is 0 Å². The molecule has 1 rings (SSSR count). The third-order valence-electron chi connectivity index (χ3n) is 3.43. The highest BCUT2D eigenvalue weighted by Crippen LogP contribution is 2.14. The minimum absolute atomic E-state index is 0.0926. The van der Waals surface area contributed by atoms with E-state index in [1.165, 1.54) is 0 Å². The molecule has 1 atom stereocenters. The highest BCUT2D eigenvalue weighted by molar-refractivity contribution is 5.78. The third kappa shape index (κ3) is 3.57. The summed E-state index contributed by atoms with van der Waals surface area (Å²) in [5.74, 6) is 0.321. The Kier molecular flexibility index (Phi) is 5.86. The fourth-order valence-corrected chi connectivity index (χ4v) is 1.95. The molecular formula is C15H24N2O. The molecule has 3 nitrogen and oxygen atoms in total. The number of benzene rings is 1. The highest BCUT2D eigenvalue weighted by atomic mass is 16.2. The summed E-state index contributed by atoms with van der Waals surface area (Å²) in [7, 11) is 0. The predicted molar refractivity (Wildman–Crippen MR) is 74.9 cm³/mol. The van der Waals surface area contributed by atoms with E-state index in [4.69, 9.17) is 5.73 Å². The lowest BCUT2D eigenvalue weighted by molar-refractivity contribution is -0.135. The molecule has 100 valence electrons. The summed E-state index contributed by atoms with van der Waals surface area (Å²) in [6, 6.07) is 8.06. The Morgan fingerprint density at radius 3 is 2.39 bits per heavy atom. The van der Waals surface area contributed by atoms with E-state index in [-0.39, 0.29) is 11.8 Å². The maximum Gasteiger partial charge on any atom is 0.225 e. The fraction of sp³-hybridized carbons (Fsp3) is 0.533. The summed E-state index contributed by atoms with van der Waals surface area (Å²) in [6.45, 7) is 7.97. The summed E-state index contributed by atoms with van der Waals surface area (Å²) in [4.78, 5) is 14.1. The van der Waals surface area contributed by atoms with Crippen molar-refractivity contribution in [1.82, 2.24) is 4.90 Å². The first kappa shape index (κ1) is 14.7. The minimum Gasteiger partial charge on any atom is -0.338 e. The zero-order valence-electron chi connectivity index (χ0n) is 11.6. The molecule has 0 fully saturated rings. The molecule has 0 saturated carbocycles. The Bertz CT molecular complexity index is 390. The smallest absolute Gasteiger partial charge is 0.225 e. The van der Waals surface area contributed by atoms with Gasteiger partial charge in [0, 0.05) is 25.6 Å². The van der Waals surface area contributed by atoms with Crippen molar-refractivity contribution in [3.63, 3.8) is 0 Å². The van der Waals surface area contributed by atoms with E-state index in [2.05, 4.69) is 6.07 Å². The number of nitrogens with two attached hydrogens (primary N) is 1. The molecule has 0 bridgehead atoms. The summed E-state index contributed by atoms with van der Waals surface area (Å²) in [5.41, 5.74) is 8.00. The SMILES string of the molecule is CCC(C)C(=O)N(CC)Cc1ccccc1CN. The van der Waals surface area contributed by atoms with Crippen LogP contribution in [0.15, 0.2) is 24.3 Å². The standard InChI is InChI=1S/C15H24N2O/c1-4-12(3)15(18)17(5-2)11-14-9-7-6-8-13(14)10-16/h6-9,12H,4-5,10-11,16H2,1-3H3. The van der Waals surface area contributed by atoms with E-state index in [9.17, 15) is 4.79 Å². The molecular weight excluding hydrogens is 224 g/mol. The molecule has 0 aliphatic rings. The molecule has 1 aromatic carbocycles. The molecule has 1 amide bonds. The summed E-state index contributed by atoms with van der Waals surface area (Å²) >= 11 is 0. The van der Waals surface area contributed by atoms with Gasteiger partial charge in [-0.2, -0.15) is 0 Å². The second-order valence-corrected chi connectivity index (χ2v) is 4.63.